The summed E-state index contributed by atoms with van der Waals surface area (Å²) >= 11 is 0. The van der Waals surface area contributed by atoms with Crippen LogP contribution in [-0.4, -0.2) is 24.0 Å². The number of nitrogens with zero attached hydrogens (tertiary/aromatic N) is 1. The second kappa shape index (κ2) is 9.81. The fraction of sp³-hybridized carbons (Fsp3) is 0.360. The molecule has 5 heteroatoms. The summed E-state index contributed by atoms with van der Waals surface area (Å²) in [5.74, 6) is 0.701. The molecule has 1 amide bonds. The summed E-state index contributed by atoms with van der Waals surface area (Å²) in [7, 11) is 0. The number of amides is 1. The van der Waals surface area contributed by atoms with Crippen LogP contribution >= 0.6 is 0 Å². The van der Waals surface area contributed by atoms with Crippen LogP contribution in [0.3, 0.4) is 0 Å². The van der Waals surface area contributed by atoms with E-state index < -0.39 is 0 Å². The van der Waals surface area contributed by atoms with E-state index >= 15 is 0 Å². The number of pyridine rings is 1. The smallest absolute Gasteiger partial charge is 0.220 e. The van der Waals surface area contributed by atoms with Gasteiger partial charge in [-0.2, -0.15) is 0 Å². The Morgan fingerprint density at radius 1 is 1.10 bits per heavy atom. The van der Waals surface area contributed by atoms with Crippen molar-refractivity contribution in [2.45, 2.75) is 38.2 Å². The minimum absolute atomic E-state index is 0.0380. The Bertz CT molecular complexity index is 973. The van der Waals surface area contributed by atoms with Crippen LogP contribution in [-0.2, 0) is 16.0 Å². The van der Waals surface area contributed by atoms with Gasteiger partial charge in [-0.3, -0.25) is 9.78 Å². The Morgan fingerprint density at radius 2 is 1.90 bits per heavy atom. The normalized spacial score (nSPS) is 16.6. The van der Waals surface area contributed by atoms with Crippen molar-refractivity contribution in [3.05, 3.63) is 77.7 Å². The lowest BCUT2D eigenvalue weighted by molar-refractivity contribution is -0.119. The zero-order valence-electron chi connectivity index (χ0n) is 17.0. The van der Waals surface area contributed by atoms with Gasteiger partial charge in [0.25, 0.3) is 0 Å². The van der Waals surface area contributed by atoms with Crippen molar-refractivity contribution in [2.24, 2.45) is 5.92 Å². The fourth-order valence-corrected chi connectivity index (χ4v) is 3.59. The third kappa shape index (κ3) is 5.63. The number of hydrogen-bond acceptors (Lipinski definition) is 3. The topological polar surface area (TPSA) is 51.2 Å². The van der Waals surface area contributed by atoms with Crippen molar-refractivity contribution in [1.29, 1.82) is 0 Å². The van der Waals surface area contributed by atoms with E-state index in [0.29, 0.717) is 5.92 Å². The summed E-state index contributed by atoms with van der Waals surface area (Å²) in [6, 6.07) is 16.9. The molecule has 2 aromatic carbocycles. The largest absolute Gasteiger partial charge is 0.373 e. The molecule has 30 heavy (non-hydrogen) atoms. The first kappa shape index (κ1) is 20.5. The number of rotatable bonds is 6. The molecular formula is C25H27FN2O2. The molecule has 5 rings (SSSR count). The number of carbonyl (C=O) groups is 1. The van der Waals surface area contributed by atoms with Crippen LogP contribution in [0.5, 0.6) is 0 Å². The van der Waals surface area contributed by atoms with Crippen LogP contribution in [0.4, 0.5) is 4.39 Å². The van der Waals surface area contributed by atoms with Crippen LogP contribution < -0.4 is 5.32 Å². The maximum absolute atomic E-state index is 13.2. The third-order valence-corrected chi connectivity index (χ3v) is 5.50. The molecule has 1 unspecified atom stereocenters. The Morgan fingerprint density at radius 3 is 2.57 bits per heavy atom. The number of hydrogen-bond donors (Lipinski definition) is 1. The van der Waals surface area contributed by atoms with Gasteiger partial charge in [0.2, 0.25) is 5.91 Å². The molecule has 1 atom stereocenters. The number of halogens is 1. The number of para-hydroxylation sites is 1. The van der Waals surface area contributed by atoms with E-state index in [1.54, 1.807) is 0 Å². The standard InChI is InChI=1S/C21H20FNO.C4H7NO/c22-17-9-7-15(8-10-17)13-21(24-14-16-5-6-16)19-11-12-23-20-4-2-1-3-18(19)20;6-4-2-1-3-5-4/h1-4,7-12,16,21H,5-6,13-14H2;1-3H2,(H,5,6). The van der Waals surface area contributed by atoms with Crippen molar-refractivity contribution in [1.82, 2.24) is 10.3 Å². The molecule has 1 saturated carbocycles. The van der Waals surface area contributed by atoms with Gasteiger partial charge >= 0.3 is 0 Å². The Labute approximate surface area is 176 Å². The second-order valence-electron chi connectivity index (χ2n) is 7.97. The van der Waals surface area contributed by atoms with E-state index in [1.165, 1.54) is 25.0 Å². The number of nitrogens with one attached hydrogen (secondary N) is 1. The lowest BCUT2D eigenvalue weighted by Gasteiger charge is -2.20. The predicted octanol–water partition coefficient (Wildman–Crippen LogP) is 4.98. The molecule has 2 aliphatic rings. The van der Waals surface area contributed by atoms with Crippen molar-refractivity contribution >= 4 is 16.8 Å². The molecule has 1 aliphatic carbocycles. The molecule has 2 heterocycles. The maximum atomic E-state index is 13.2. The molecule has 0 radical (unpaired) electrons. The molecule has 1 N–H and O–H groups in total. The number of fused-ring (bicyclic) bond motifs is 1. The summed E-state index contributed by atoms with van der Waals surface area (Å²) in [5, 5.41) is 3.81. The average molecular weight is 407 g/mol. The van der Waals surface area contributed by atoms with Gasteiger partial charge in [0.05, 0.1) is 18.2 Å². The molecule has 4 nitrogen and oxygen atoms in total. The minimum atomic E-state index is -0.205. The zero-order chi connectivity index (χ0) is 20.8. The highest BCUT2D eigenvalue weighted by Gasteiger charge is 2.24. The van der Waals surface area contributed by atoms with E-state index in [0.717, 1.165) is 54.4 Å². The van der Waals surface area contributed by atoms with Gasteiger partial charge in [0.1, 0.15) is 5.82 Å². The molecule has 0 bridgehead atoms. The number of aromatic nitrogens is 1. The van der Waals surface area contributed by atoms with E-state index in [1.807, 2.05) is 42.6 Å². The highest BCUT2D eigenvalue weighted by molar-refractivity contribution is 5.82. The van der Waals surface area contributed by atoms with E-state index in [-0.39, 0.29) is 17.8 Å². The molecular weight excluding hydrogens is 379 g/mol. The van der Waals surface area contributed by atoms with Crippen LogP contribution in [0.15, 0.2) is 60.8 Å². The minimum Gasteiger partial charge on any atom is -0.373 e. The third-order valence-electron chi connectivity index (χ3n) is 5.50. The molecule has 1 aromatic heterocycles. The van der Waals surface area contributed by atoms with E-state index in [2.05, 4.69) is 16.4 Å². The molecule has 1 saturated heterocycles. The van der Waals surface area contributed by atoms with Crippen molar-refractivity contribution in [3.63, 3.8) is 0 Å². The summed E-state index contributed by atoms with van der Waals surface area (Å²) in [4.78, 5) is 14.6. The SMILES string of the molecule is Fc1ccc(CC(OCC2CC2)c2ccnc3ccccc23)cc1.O=C1CCCN1. The molecule has 156 valence electrons. The molecule has 1 aliphatic heterocycles. The van der Waals surface area contributed by atoms with Gasteiger partial charge < -0.3 is 10.1 Å². The molecule has 2 fully saturated rings. The maximum Gasteiger partial charge on any atom is 0.220 e. The summed E-state index contributed by atoms with van der Waals surface area (Å²) in [5.41, 5.74) is 3.22. The highest BCUT2D eigenvalue weighted by atomic mass is 19.1. The van der Waals surface area contributed by atoms with Gasteiger partial charge in [-0.15, -0.1) is 0 Å². The van der Waals surface area contributed by atoms with E-state index in [4.69, 9.17) is 4.74 Å². The van der Waals surface area contributed by atoms with Crippen LogP contribution in [0.2, 0.25) is 0 Å². The number of benzene rings is 2. The first-order valence-corrected chi connectivity index (χ1v) is 10.7. The lowest BCUT2D eigenvalue weighted by Crippen LogP contribution is -2.12. The summed E-state index contributed by atoms with van der Waals surface area (Å²) in [6.45, 7) is 1.68. The Hall–Kier alpha value is -2.79. The monoisotopic (exact) mass is 406 g/mol. The summed E-state index contributed by atoms with van der Waals surface area (Å²) in [6.07, 6.45) is 6.83. The first-order valence-electron chi connectivity index (χ1n) is 10.7. The molecule has 3 aromatic rings. The van der Waals surface area contributed by atoms with Gasteiger partial charge in [-0.25, -0.2) is 4.39 Å². The van der Waals surface area contributed by atoms with Crippen LogP contribution in [0, 0.1) is 11.7 Å². The quantitative estimate of drug-likeness (QED) is 0.628. The lowest BCUT2D eigenvalue weighted by atomic mass is 9.98. The second-order valence-corrected chi connectivity index (χ2v) is 7.97. The average Bonchev–Trinajstić information content (AvgIpc) is 3.49. The number of ether oxygens (including phenoxy) is 1. The van der Waals surface area contributed by atoms with Crippen molar-refractivity contribution < 1.29 is 13.9 Å². The van der Waals surface area contributed by atoms with Crippen molar-refractivity contribution in [2.75, 3.05) is 13.2 Å². The zero-order valence-corrected chi connectivity index (χ0v) is 17.0. The summed E-state index contributed by atoms with van der Waals surface area (Å²) < 4.78 is 19.5. The first-order chi connectivity index (χ1) is 14.7. The Kier molecular flexibility index (Phi) is 6.70. The van der Waals surface area contributed by atoms with Crippen molar-refractivity contribution in [3.8, 4) is 0 Å². The highest BCUT2D eigenvalue weighted by Crippen LogP contribution is 2.34. The fourth-order valence-electron chi connectivity index (χ4n) is 3.59. The van der Waals surface area contributed by atoms with Crippen LogP contribution in [0.25, 0.3) is 10.9 Å². The van der Waals surface area contributed by atoms with Gasteiger partial charge in [0, 0.05) is 31.0 Å². The van der Waals surface area contributed by atoms with Gasteiger partial charge in [0.15, 0.2) is 0 Å². The number of carbonyl (C=O) groups excluding carboxylic acids is 1. The Balaban J connectivity index is 0.000000313. The van der Waals surface area contributed by atoms with Crippen LogP contribution in [0.1, 0.15) is 42.9 Å². The van der Waals surface area contributed by atoms with Gasteiger partial charge in [-0.05, 0) is 60.6 Å². The molecule has 0 spiro atoms. The van der Waals surface area contributed by atoms with Gasteiger partial charge in [-0.1, -0.05) is 30.3 Å². The predicted molar refractivity (Wildman–Crippen MR) is 116 cm³/mol. The van der Waals surface area contributed by atoms with E-state index in [9.17, 15) is 9.18 Å².